The van der Waals surface area contributed by atoms with Crippen LogP contribution in [0.15, 0.2) is 23.1 Å². The second-order valence-corrected chi connectivity index (χ2v) is 4.20. The summed E-state index contributed by atoms with van der Waals surface area (Å²) < 4.78 is 1.79. The first kappa shape index (κ1) is 11.2. The maximum atomic E-state index is 12.1. The molecule has 0 aliphatic rings. The molecule has 2 rings (SSSR count). The highest BCUT2D eigenvalue weighted by Gasteiger charge is 2.20. The highest BCUT2D eigenvalue weighted by atomic mass is 79.9. The van der Waals surface area contributed by atoms with E-state index in [-0.39, 0.29) is 5.78 Å². The summed E-state index contributed by atoms with van der Waals surface area (Å²) in [6.45, 7) is 0. The van der Waals surface area contributed by atoms with Crippen molar-refractivity contribution in [2.45, 2.75) is 0 Å². The van der Waals surface area contributed by atoms with Crippen LogP contribution in [0.25, 0.3) is 0 Å². The smallest absolute Gasteiger partial charge is 0.215 e. The van der Waals surface area contributed by atoms with Crippen molar-refractivity contribution in [2.24, 2.45) is 7.05 Å². The van der Waals surface area contributed by atoms with Gasteiger partial charge in [-0.15, -0.1) is 5.10 Å². The number of carbonyl (C=O) groups excluding carboxylic acids is 1. The van der Waals surface area contributed by atoms with E-state index in [1.54, 1.807) is 13.1 Å². The minimum atomic E-state index is -0.244. The third-order valence-electron chi connectivity index (χ3n) is 2.02. The van der Waals surface area contributed by atoms with Crippen LogP contribution in [0.1, 0.15) is 16.1 Å². The maximum Gasteiger partial charge on any atom is 0.215 e. The predicted octanol–water partition coefficient (Wildman–Crippen LogP) is 1.86. The third-order valence-corrected chi connectivity index (χ3v) is 2.85. The monoisotopic (exact) mass is 300 g/mol. The van der Waals surface area contributed by atoms with E-state index in [2.05, 4.69) is 31.2 Å². The van der Waals surface area contributed by atoms with Gasteiger partial charge in [0.05, 0.1) is 5.02 Å². The van der Waals surface area contributed by atoms with Crippen molar-refractivity contribution in [1.82, 2.24) is 20.0 Å². The largest absolute Gasteiger partial charge is 0.287 e. The number of rotatable bonds is 2. The summed E-state index contributed by atoms with van der Waals surface area (Å²) in [5, 5.41) is 7.78. The van der Waals surface area contributed by atoms with E-state index in [9.17, 15) is 4.79 Å². The molecule has 0 fully saturated rings. The lowest BCUT2D eigenvalue weighted by Crippen LogP contribution is -2.09. The van der Waals surface area contributed by atoms with Gasteiger partial charge in [-0.2, -0.15) is 0 Å². The first-order valence-corrected chi connectivity index (χ1v) is 5.47. The Morgan fingerprint density at radius 1 is 1.56 bits per heavy atom. The average molecular weight is 302 g/mol. The van der Waals surface area contributed by atoms with Crippen LogP contribution in [0.2, 0.25) is 5.02 Å². The number of ketones is 1. The first-order valence-electron chi connectivity index (χ1n) is 4.30. The van der Waals surface area contributed by atoms with E-state index < -0.39 is 0 Å². The molecule has 2 aromatic rings. The molecule has 2 heterocycles. The molecule has 0 N–H and O–H groups in total. The van der Waals surface area contributed by atoms with Gasteiger partial charge in [0.1, 0.15) is 5.69 Å². The van der Waals surface area contributed by atoms with Gasteiger partial charge in [0, 0.05) is 25.0 Å². The molecule has 0 aromatic carbocycles. The maximum absolute atomic E-state index is 12.1. The van der Waals surface area contributed by atoms with Gasteiger partial charge in [0.15, 0.2) is 4.60 Å². The number of aryl methyl sites for hydroxylation is 1. The summed E-state index contributed by atoms with van der Waals surface area (Å²) in [5.74, 6) is -0.244. The molecule has 0 spiro atoms. The van der Waals surface area contributed by atoms with E-state index in [4.69, 9.17) is 11.6 Å². The average Bonchev–Trinajstić information content (AvgIpc) is 2.58. The fraction of sp³-hybridized carbons (Fsp3) is 0.111. The fourth-order valence-corrected chi connectivity index (χ4v) is 1.97. The number of hydrogen-bond acceptors (Lipinski definition) is 4. The Kier molecular flexibility index (Phi) is 3.02. The van der Waals surface area contributed by atoms with Gasteiger partial charge in [-0.1, -0.05) is 16.8 Å². The van der Waals surface area contributed by atoms with E-state index in [0.29, 0.717) is 20.9 Å². The molecule has 2 aromatic heterocycles. The summed E-state index contributed by atoms with van der Waals surface area (Å²) in [7, 11) is 1.64. The van der Waals surface area contributed by atoms with Crippen LogP contribution in [-0.2, 0) is 7.05 Å². The molecule has 82 valence electrons. The number of nitrogens with zero attached hydrogens (tertiary/aromatic N) is 4. The molecule has 0 saturated carbocycles. The Balaban J connectivity index is 2.52. The third kappa shape index (κ3) is 1.85. The van der Waals surface area contributed by atoms with Crippen molar-refractivity contribution >= 4 is 33.3 Å². The van der Waals surface area contributed by atoms with Gasteiger partial charge < -0.3 is 0 Å². The van der Waals surface area contributed by atoms with Crippen LogP contribution in [0.5, 0.6) is 0 Å². The summed E-state index contributed by atoms with van der Waals surface area (Å²) in [4.78, 5) is 15.9. The lowest BCUT2D eigenvalue weighted by molar-refractivity contribution is 0.102. The number of aromatic nitrogens is 4. The molecule has 16 heavy (non-hydrogen) atoms. The van der Waals surface area contributed by atoms with E-state index >= 15 is 0 Å². The summed E-state index contributed by atoms with van der Waals surface area (Å²) in [6, 6.07) is 1.56. The van der Waals surface area contributed by atoms with Gasteiger partial charge in [-0.25, -0.2) is 4.68 Å². The number of halogens is 2. The molecule has 5 nitrogen and oxygen atoms in total. The summed E-state index contributed by atoms with van der Waals surface area (Å²) in [5.41, 5.74) is 0.732. The fourth-order valence-electron chi connectivity index (χ4n) is 1.26. The Hall–Kier alpha value is -1.27. The molecule has 0 atom stereocenters. The quantitative estimate of drug-likeness (QED) is 0.794. The first-order chi connectivity index (χ1) is 7.61. The standard InChI is InChI=1S/C9H6BrClN4O/c1-15-7(9(10)13-14-15)8(16)5-2-3-12-4-6(5)11/h2-4H,1H3. The summed E-state index contributed by atoms with van der Waals surface area (Å²) in [6.07, 6.45) is 2.93. The molecule has 0 bridgehead atoms. The zero-order chi connectivity index (χ0) is 11.7. The Morgan fingerprint density at radius 2 is 2.31 bits per heavy atom. The number of pyridine rings is 1. The highest BCUT2D eigenvalue weighted by Crippen LogP contribution is 2.21. The van der Waals surface area contributed by atoms with Crippen LogP contribution < -0.4 is 0 Å². The van der Waals surface area contributed by atoms with Gasteiger partial charge in [-0.05, 0) is 22.0 Å². The Labute approximate surface area is 105 Å². The van der Waals surface area contributed by atoms with Crippen LogP contribution in [0, 0.1) is 0 Å². The van der Waals surface area contributed by atoms with Crippen molar-refractivity contribution in [3.8, 4) is 0 Å². The van der Waals surface area contributed by atoms with Crippen LogP contribution in [-0.4, -0.2) is 25.8 Å². The number of carbonyl (C=O) groups is 1. The van der Waals surface area contributed by atoms with Crippen molar-refractivity contribution in [2.75, 3.05) is 0 Å². The van der Waals surface area contributed by atoms with E-state index in [0.717, 1.165) is 0 Å². The molecular formula is C9H6BrClN4O. The molecule has 0 aliphatic carbocycles. The molecule has 0 unspecified atom stereocenters. The Morgan fingerprint density at radius 3 is 2.88 bits per heavy atom. The molecule has 0 amide bonds. The van der Waals surface area contributed by atoms with Crippen LogP contribution in [0.4, 0.5) is 0 Å². The van der Waals surface area contributed by atoms with Crippen LogP contribution >= 0.6 is 27.5 Å². The molecule has 0 aliphatic heterocycles. The highest BCUT2D eigenvalue weighted by molar-refractivity contribution is 9.10. The topological polar surface area (TPSA) is 60.7 Å². The molecular weight excluding hydrogens is 295 g/mol. The normalized spacial score (nSPS) is 10.4. The van der Waals surface area contributed by atoms with Gasteiger partial charge >= 0.3 is 0 Å². The second-order valence-electron chi connectivity index (χ2n) is 3.04. The second kappa shape index (κ2) is 4.31. The van der Waals surface area contributed by atoms with Crippen molar-refractivity contribution in [3.63, 3.8) is 0 Å². The molecule has 7 heteroatoms. The van der Waals surface area contributed by atoms with Crippen molar-refractivity contribution < 1.29 is 4.79 Å². The van der Waals surface area contributed by atoms with Gasteiger partial charge in [0.25, 0.3) is 0 Å². The minimum absolute atomic E-state index is 0.244. The lowest BCUT2D eigenvalue weighted by Gasteiger charge is -2.02. The van der Waals surface area contributed by atoms with Crippen molar-refractivity contribution in [1.29, 1.82) is 0 Å². The molecule has 0 saturated heterocycles. The summed E-state index contributed by atoms with van der Waals surface area (Å²) >= 11 is 9.06. The van der Waals surface area contributed by atoms with E-state index in [1.807, 2.05) is 0 Å². The zero-order valence-corrected chi connectivity index (χ0v) is 10.5. The van der Waals surface area contributed by atoms with Gasteiger partial charge in [0.2, 0.25) is 5.78 Å². The SMILES string of the molecule is Cn1nnc(Br)c1C(=O)c1ccncc1Cl. The van der Waals surface area contributed by atoms with E-state index in [1.165, 1.54) is 17.1 Å². The predicted molar refractivity (Wildman–Crippen MR) is 61.4 cm³/mol. The lowest BCUT2D eigenvalue weighted by atomic mass is 10.1. The Bertz CT molecular complexity index is 535. The van der Waals surface area contributed by atoms with Crippen molar-refractivity contribution in [3.05, 3.63) is 39.3 Å². The molecule has 0 radical (unpaired) electrons. The van der Waals surface area contributed by atoms with Gasteiger partial charge in [-0.3, -0.25) is 9.78 Å². The van der Waals surface area contributed by atoms with Crippen LogP contribution in [0.3, 0.4) is 0 Å². The zero-order valence-electron chi connectivity index (χ0n) is 8.19. The minimum Gasteiger partial charge on any atom is -0.287 e. The number of hydrogen-bond donors (Lipinski definition) is 0.